The maximum atomic E-state index is 5.71. The Hall–Kier alpha value is -0.870. The first-order chi connectivity index (χ1) is 10.2. The van der Waals surface area contributed by atoms with Crippen molar-refractivity contribution >= 4 is 0 Å². The van der Waals surface area contributed by atoms with Crippen LogP contribution in [0.1, 0.15) is 69.4 Å². The summed E-state index contributed by atoms with van der Waals surface area (Å²) in [7, 11) is 2.03. The van der Waals surface area contributed by atoms with Crippen molar-refractivity contribution in [2.45, 2.75) is 78.0 Å². The molecule has 1 aromatic heterocycles. The SMILES string of the molecule is CCc1nn(CCCC2CCCO2)c(CC)c1C(C)NC. The van der Waals surface area contributed by atoms with Crippen LogP contribution in [0.2, 0.25) is 0 Å². The zero-order valence-electron chi connectivity index (χ0n) is 14.1. The van der Waals surface area contributed by atoms with E-state index in [0.29, 0.717) is 12.1 Å². The molecule has 2 heterocycles. The van der Waals surface area contributed by atoms with E-state index in [1.165, 1.54) is 36.2 Å². The number of hydrogen-bond donors (Lipinski definition) is 1. The molecule has 4 nitrogen and oxygen atoms in total. The molecule has 2 atom stereocenters. The second-order valence-corrected chi connectivity index (χ2v) is 6.02. The van der Waals surface area contributed by atoms with Gasteiger partial charge in [-0.05, 0) is 52.5 Å². The molecule has 4 heteroatoms. The van der Waals surface area contributed by atoms with Crippen molar-refractivity contribution in [1.82, 2.24) is 15.1 Å². The molecule has 0 amide bonds. The summed E-state index contributed by atoms with van der Waals surface area (Å²) in [4.78, 5) is 0. The molecule has 2 unspecified atom stereocenters. The van der Waals surface area contributed by atoms with Crippen molar-refractivity contribution in [3.63, 3.8) is 0 Å². The van der Waals surface area contributed by atoms with Crippen LogP contribution < -0.4 is 5.32 Å². The number of nitrogens with zero attached hydrogens (tertiary/aromatic N) is 2. The van der Waals surface area contributed by atoms with Gasteiger partial charge in [-0.25, -0.2) is 0 Å². The molecule has 0 aliphatic carbocycles. The monoisotopic (exact) mass is 293 g/mol. The number of aryl methyl sites for hydroxylation is 2. The summed E-state index contributed by atoms with van der Waals surface area (Å²) in [6.07, 6.45) is 7.35. The Balaban J connectivity index is 2.05. The average Bonchev–Trinajstić information content (AvgIpc) is 3.13. The van der Waals surface area contributed by atoms with Crippen molar-refractivity contribution in [1.29, 1.82) is 0 Å². The minimum Gasteiger partial charge on any atom is -0.378 e. The van der Waals surface area contributed by atoms with Crippen LogP contribution in [0.5, 0.6) is 0 Å². The van der Waals surface area contributed by atoms with Gasteiger partial charge in [-0.3, -0.25) is 4.68 Å². The fourth-order valence-electron chi connectivity index (χ4n) is 3.37. The molecular weight excluding hydrogens is 262 g/mol. The largest absolute Gasteiger partial charge is 0.378 e. The molecule has 21 heavy (non-hydrogen) atoms. The molecule has 0 radical (unpaired) electrons. The molecule has 1 fully saturated rings. The Morgan fingerprint density at radius 2 is 2.19 bits per heavy atom. The topological polar surface area (TPSA) is 39.1 Å². The third-order valence-corrected chi connectivity index (χ3v) is 4.63. The van der Waals surface area contributed by atoms with Gasteiger partial charge in [0.05, 0.1) is 11.8 Å². The molecule has 120 valence electrons. The van der Waals surface area contributed by atoms with Gasteiger partial charge in [0.15, 0.2) is 0 Å². The van der Waals surface area contributed by atoms with Gasteiger partial charge in [-0.2, -0.15) is 5.10 Å². The van der Waals surface area contributed by atoms with Gasteiger partial charge in [-0.1, -0.05) is 13.8 Å². The lowest BCUT2D eigenvalue weighted by molar-refractivity contribution is 0.101. The van der Waals surface area contributed by atoms with E-state index in [1.807, 2.05) is 7.05 Å². The lowest BCUT2D eigenvalue weighted by Crippen LogP contribution is -2.16. The Kier molecular flexibility index (Phi) is 6.24. The van der Waals surface area contributed by atoms with Crippen molar-refractivity contribution in [2.24, 2.45) is 0 Å². The third-order valence-electron chi connectivity index (χ3n) is 4.63. The van der Waals surface area contributed by atoms with Crippen molar-refractivity contribution in [2.75, 3.05) is 13.7 Å². The molecule has 1 N–H and O–H groups in total. The Morgan fingerprint density at radius 1 is 1.38 bits per heavy atom. The zero-order valence-corrected chi connectivity index (χ0v) is 14.1. The first-order valence-corrected chi connectivity index (χ1v) is 8.58. The molecule has 1 saturated heterocycles. The van der Waals surface area contributed by atoms with E-state index in [9.17, 15) is 0 Å². The second kappa shape index (κ2) is 7.95. The summed E-state index contributed by atoms with van der Waals surface area (Å²) in [6, 6.07) is 0.377. The van der Waals surface area contributed by atoms with Crippen molar-refractivity contribution < 1.29 is 4.74 Å². The Labute approximate surface area is 129 Å². The van der Waals surface area contributed by atoms with Crippen LogP contribution in [0.4, 0.5) is 0 Å². The predicted octanol–water partition coefficient (Wildman–Crippen LogP) is 3.25. The van der Waals surface area contributed by atoms with E-state index in [2.05, 4.69) is 30.8 Å². The zero-order chi connectivity index (χ0) is 15.2. The third kappa shape index (κ3) is 3.86. The van der Waals surface area contributed by atoms with Crippen LogP contribution in [-0.4, -0.2) is 29.5 Å². The molecule has 0 spiro atoms. The van der Waals surface area contributed by atoms with Crippen LogP contribution in [0.15, 0.2) is 0 Å². The van der Waals surface area contributed by atoms with Crippen LogP contribution in [0.3, 0.4) is 0 Å². The van der Waals surface area contributed by atoms with Gasteiger partial charge >= 0.3 is 0 Å². The molecule has 0 saturated carbocycles. The van der Waals surface area contributed by atoms with Gasteiger partial charge in [0.25, 0.3) is 0 Å². The van der Waals surface area contributed by atoms with Crippen LogP contribution in [0.25, 0.3) is 0 Å². The minimum atomic E-state index is 0.377. The van der Waals surface area contributed by atoms with E-state index < -0.39 is 0 Å². The van der Waals surface area contributed by atoms with Crippen molar-refractivity contribution in [3.8, 4) is 0 Å². The first-order valence-electron chi connectivity index (χ1n) is 8.58. The number of aromatic nitrogens is 2. The van der Waals surface area contributed by atoms with Gasteiger partial charge < -0.3 is 10.1 Å². The normalized spacial score (nSPS) is 20.1. The standard InChI is InChI=1S/C17H31N3O/c1-5-15-17(13(3)18-4)16(6-2)20(19-15)11-7-9-14-10-8-12-21-14/h13-14,18H,5-12H2,1-4H3. The number of rotatable bonds is 8. The van der Waals surface area contributed by atoms with Crippen LogP contribution in [-0.2, 0) is 24.1 Å². The van der Waals surface area contributed by atoms with Crippen LogP contribution in [0, 0.1) is 0 Å². The van der Waals surface area contributed by atoms with Crippen LogP contribution >= 0.6 is 0 Å². The highest BCUT2D eigenvalue weighted by atomic mass is 16.5. The molecular formula is C17H31N3O. The van der Waals surface area contributed by atoms with Gasteiger partial charge in [0, 0.05) is 30.5 Å². The number of nitrogens with one attached hydrogen (secondary N) is 1. The maximum absolute atomic E-state index is 5.71. The smallest absolute Gasteiger partial charge is 0.0672 e. The van der Waals surface area contributed by atoms with Gasteiger partial charge in [-0.15, -0.1) is 0 Å². The van der Waals surface area contributed by atoms with E-state index in [-0.39, 0.29) is 0 Å². The summed E-state index contributed by atoms with van der Waals surface area (Å²) in [5.74, 6) is 0. The van der Waals surface area contributed by atoms with E-state index in [1.54, 1.807) is 0 Å². The quantitative estimate of drug-likeness (QED) is 0.799. The lowest BCUT2D eigenvalue weighted by atomic mass is 10.0. The molecule has 1 aliphatic rings. The fourth-order valence-corrected chi connectivity index (χ4v) is 3.37. The minimum absolute atomic E-state index is 0.377. The number of ether oxygens (including phenoxy) is 1. The second-order valence-electron chi connectivity index (χ2n) is 6.02. The lowest BCUT2D eigenvalue weighted by Gasteiger charge is -2.14. The highest BCUT2D eigenvalue weighted by Crippen LogP contribution is 2.24. The summed E-state index contributed by atoms with van der Waals surface area (Å²) >= 11 is 0. The molecule has 1 aromatic rings. The highest BCUT2D eigenvalue weighted by molar-refractivity contribution is 5.30. The fraction of sp³-hybridized carbons (Fsp3) is 0.824. The van der Waals surface area contributed by atoms with E-state index >= 15 is 0 Å². The van der Waals surface area contributed by atoms with Gasteiger partial charge in [0.1, 0.15) is 0 Å². The number of hydrogen-bond acceptors (Lipinski definition) is 3. The van der Waals surface area contributed by atoms with E-state index in [0.717, 1.165) is 32.4 Å². The first kappa shape index (κ1) is 16.5. The van der Waals surface area contributed by atoms with Gasteiger partial charge in [0.2, 0.25) is 0 Å². The van der Waals surface area contributed by atoms with Crippen molar-refractivity contribution in [3.05, 3.63) is 17.0 Å². The molecule has 2 rings (SSSR count). The summed E-state index contributed by atoms with van der Waals surface area (Å²) in [5.41, 5.74) is 4.08. The Bertz CT molecular complexity index is 435. The maximum Gasteiger partial charge on any atom is 0.0672 e. The summed E-state index contributed by atoms with van der Waals surface area (Å²) < 4.78 is 7.96. The summed E-state index contributed by atoms with van der Waals surface area (Å²) in [6.45, 7) is 8.64. The summed E-state index contributed by atoms with van der Waals surface area (Å²) in [5, 5.41) is 8.24. The Morgan fingerprint density at radius 3 is 2.76 bits per heavy atom. The molecule has 0 bridgehead atoms. The van der Waals surface area contributed by atoms with E-state index in [4.69, 9.17) is 9.84 Å². The molecule has 1 aliphatic heterocycles. The highest BCUT2D eigenvalue weighted by Gasteiger charge is 2.20. The predicted molar refractivity (Wildman–Crippen MR) is 86.7 cm³/mol. The molecule has 0 aromatic carbocycles. The average molecular weight is 293 g/mol.